The number of aliphatic imine (C=N–C) groups is 1. The van der Waals surface area contributed by atoms with E-state index in [9.17, 15) is 8.42 Å². The van der Waals surface area contributed by atoms with Crippen molar-refractivity contribution in [2.75, 3.05) is 33.9 Å². The Morgan fingerprint density at radius 1 is 1.23 bits per heavy atom. The van der Waals surface area contributed by atoms with Crippen LogP contribution < -0.4 is 10.6 Å². The van der Waals surface area contributed by atoms with Gasteiger partial charge in [0, 0.05) is 39.9 Å². The summed E-state index contributed by atoms with van der Waals surface area (Å²) in [6.45, 7) is 8.72. The van der Waals surface area contributed by atoms with Crippen molar-refractivity contribution < 1.29 is 13.2 Å². The SMILES string of the molecule is CCNC(=NCc1ccc(S(=O)(=O)N(C)C(C)C)cc1)NCC1(CCOC)CCC1. The molecule has 0 radical (unpaired) electrons. The van der Waals surface area contributed by atoms with Crippen molar-refractivity contribution in [3.63, 3.8) is 0 Å². The van der Waals surface area contributed by atoms with Crippen LogP contribution in [0.5, 0.6) is 0 Å². The van der Waals surface area contributed by atoms with Crippen molar-refractivity contribution in [3.05, 3.63) is 29.8 Å². The van der Waals surface area contributed by atoms with E-state index in [1.807, 2.05) is 32.9 Å². The maximum atomic E-state index is 12.6. The average molecular weight is 439 g/mol. The lowest BCUT2D eigenvalue weighted by Crippen LogP contribution is -2.46. The Labute approximate surface area is 182 Å². The largest absolute Gasteiger partial charge is 0.385 e. The molecular formula is C22H38N4O3S. The first-order chi connectivity index (χ1) is 14.2. The minimum atomic E-state index is -3.46. The van der Waals surface area contributed by atoms with E-state index in [1.165, 1.54) is 23.6 Å². The van der Waals surface area contributed by atoms with Crippen LogP contribution in [0.1, 0.15) is 52.0 Å². The van der Waals surface area contributed by atoms with Gasteiger partial charge in [-0.2, -0.15) is 4.31 Å². The van der Waals surface area contributed by atoms with E-state index in [2.05, 4.69) is 15.6 Å². The maximum Gasteiger partial charge on any atom is 0.243 e. The molecule has 1 aliphatic rings. The van der Waals surface area contributed by atoms with Gasteiger partial charge in [-0.3, -0.25) is 0 Å². The van der Waals surface area contributed by atoms with E-state index in [4.69, 9.17) is 4.74 Å². The molecule has 1 saturated carbocycles. The summed E-state index contributed by atoms with van der Waals surface area (Å²) in [5.41, 5.74) is 1.28. The predicted octanol–water partition coefficient (Wildman–Crippen LogP) is 2.98. The maximum absolute atomic E-state index is 12.6. The van der Waals surface area contributed by atoms with E-state index < -0.39 is 10.0 Å². The van der Waals surface area contributed by atoms with Crippen LogP contribution in [0.15, 0.2) is 34.2 Å². The minimum Gasteiger partial charge on any atom is -0.385 e. The normalized spacial score (nSPS) is 16.6. The molecule has 7 nitrogen and oxygen atoms in total. The Morgan fingerprint density at radius 3 is 2.40 bits per heavy atom. The highest BCUT2D eigenvalue weighted by molar-refractivity contribution is 7.89. The van der Waals surface area contributed by atoms with Gasteiger partial charge < -0.3 is 15.4 Å². The van der Waals surface area contributed by atoms with E-state index in [0.29, 0.717) is 16.9 Å². The number of sulfonamides is 1. The molecule has 2 rings (SSSR count). The van der Waals surface area contributed by atoms with Crippen molar-refractivity contribution in [3.8, 4) is 0 Å². The van der Waals surface area contributed by atoms with Crippen molar-refractivity contribution in [1.29, 1.82) is 0 Å². The third-order valence-electron chi connectivity index (χ3n) is 5.97. The van der Waals surface area contributed by atoms with Crippen molar-refractivity contribution in [2.24, 2.45) is 10.4 Å². The molecule has 1 aliphatic carbocycles. The molecule has 30 heavy (non-hydrogen) atoms. The summed E-state index contributed by atoms with van der Waals surface area (Å²) >= 11 is 0. The van der Waals surface area contributed by atoms with Gasteiger partial charge >= 0.3 is 0 Å². The molecule has 0 heterocycles. The fraction of sp³-hybridized carbons (Fsp3) is 0.682. The quantitative estimate of drug-likeness (QED) is 0.410. The van der Waals surface area contributed by atoms with Crippen molar-refractivity contribution in [1.82, 2.24) is 14.9 Å². The number of hydrogen-bond acceptors (Lipinski definition) is 4. The third-order valence-corrected chi connectivity index (χ3v) is 8.02. The zero-order chi connectivity index (χ0) is 22.2. The molecule has 1 aromatic carbocycles. The molecule has 8 heteroatoms. The van der Waals surface area contributed by atoms with Crippen LogP contribution in [0.2, 0.25) is 0 Å². The van der Waals surface area contributed by atoms with Crippen LogP contribution >= 0.6 is 0 Å². The number of rotatable bonds is 11. The lowest BCUT2D eigenvalue weighted by molar-refractivity contribution is 0.0732. The Balaban J connectivity index is 2.00. The van der Waals surface area contributed by atoms with Crippen molar-refractivity contribution in [2.45, 2.75) is 63.9 Å². The van der Waals surface area contributed by atoms with Crippen LogP contribution in [-0.2, 0) is 21.3 Å². The highest BCUT2D eigenvalue weighted by atomic mass is 32.2. The molecule has 0 unspecified atom stereocenters. The van der Waals surface area contributed by atoms with Crippen LogP contribution in [0.4, 0.5) is 0 Å². The second-order valence-electron chi connectivity index (χ2n) is 8.40. The second kappa shape index (κ2) is 11.1. The van der Waals surface area contributed by atoms with Gasteiger partial charge in [0.15, 0.2) is 5.96 Å². The molecule has 2 N–H and O–H groups in total. The fourth-order valence-corrected chi connectivity index (χ4v) is 4.87. The number of methoxy groups -OCH3 is 1. The Hall–Kier alpha value is -1.64. The number of nitrogens with one attached hydrogen (secondary N) is 2. The third kappa shape index (κ3) is 6.43. The smallest absolute Gasteiger partial charge is 0.243 e. The monoisotopic (exact) mass is 438 g/mol. The second-order valence-corrected chi connectivity index (χ2v) is 10.4. The predicted molar refractivity (Wildman–Crippen MR) is 122 cm³/mol. The molecular weight excluding hydrogens is 400 g/mol. The molecule has 0 bridgehead atoms. The van der Waals surface area contributed by atoms with Gasteiger partial charge in [-0.15, -0.1) is 0 Å². The Morgan fingerprint density at radius 2 is 1.90 bits per heavy atom. The first-order valence-electron chi connectivity index (χ1n) is 10.8. The van der Waals surface area contributed by atoms with E-state index in [0.717, 1.165) is 37.6 Å². The molecule has 0 aromatic heterocycles. The summed E-state index contributed by atoms with van der Waals surface area (Å²) in [5, 5.41) is 6.78. The summed E-state index contributed by atoms with van der Waals surface area (Å²) in [5.74, 6) is 0.789. The molecule has 0 spiro atoms. The van der Waals surface area contributed by atoms with E-state index >= 15 is 0 Å². The molecule has 0 aliphatic heterocycles. The lowest BCUT2D eigenvalue weighted by atomic mass is 9.67. The number of hydrogen-bond donors (Lipinski definition) is 2. The van der Waals surface area contributed by atoms with E-state index in [-0.39, 0.29) is 6.04 Å². The lowest BCUT2D eigenvalue weighted by Gasteiger charge is -2.42. The number of benzene rings is 1. The zero-order valence-corrected chi connectivity index (χ0v) is 19.9. The highest BCUT2D eigenvalue weighted by Gasteiger charge is 2.36. The number of guanidine groups is 1. The van der Waals surface area contributed by atoms with Crippen LogP contribution in [0.3, 0.4) is 0 Å². The Bertz CT molecular complexity index is 787. The summed E-state index contributed by atoms with van der Waals surface area (Å²) in [6, 6.07) is 6.90. The molecule has 0 atom stereocenters. The summed E-state index contributed by atoms with van der Waals surface area (Å²) < 4.78 is 31.8. The molecule has 0 amide bonds. The van der Waals surface area contributed by atoms with Crippen molar-refractivity contribution >= 4 is 16.0 Å². The topological polar surface area (TPSA) is 83.0 Å². The Kier molecular flexibility index (Phi) is 9.12. The first-order valence-corrected chi connectivity index (χ1v) is 12.3. The summed E-state index contributed by atoms with van der Waals surface area (Å²) in [7, 11) is -0.104. The minimum absolute atomic E-state index is 0.0872. The summed E-state index contributed by atoms with van der Waals surface area (Å²) in [4.78, 5) is 4.99. The van der Waals surface area contributed by atoms with Crippen LogP contribution in [0, 0.1) is 5.41 Å². The number of nitrogens with zero attached hydrogens (tertiary/aromatic N) is 2. The van der Waals surface area contributed by atoms with Crippen LogP contribution in [-0.4, -0.2) is 58.6 Å². The number of ether oxygens (including phenoxy) is 1. The summed E-state index contributed by atoms with van der Waals surface area (Å²) in [6.07, 6.45) is 4.80. The zero-order valence-electron chi connectivity index (χ0n) is 19.1. The van der Waals surface area contributed by atoms with Gasteiger partial charge in [-0.25, -0.2) is 13.4 Å². The van der Waals surface area contributed by atoms with Gasteiger partial charge in [0.25, 0.3) is 0 Å². The highest BCUT2D eigenvalue weighted by Crippen LogP contribution is 2.43. The molecule has 1 fully saturated rings. The fourth-order valence-electron chi connectivity index (χ4n) is 3.50. The van der Waals surface area contributed by atoms with Crippen LogP contribution in [0.25, 0.3) is 0 Å². The van der Waals surface area contributed by atoms with Gasteiger partial charge in [0.1, 0.15) is 0 Å². The average Bonchev–Trinajstić information content (AvgIpc) is 2.70. The van der Waals surface area contributed by atoms with Gasteiger partial charge in [-0.1, -0.05) is 18.6 Å². The molecule has 0 saturated heterocycles. The van der Waals surface area contributed by atoms with E-state index in [1.54, 1.807) is 26.3 Å². The first kappa shape index (κ1) is 24.6. The molecule has 170 valence electrons. The standard InChI is InChI=1S/C22H38N4O3S/c1-6-23-21(25-17-22(12-7-13-22)14-15-29-5)24-16-19-8-10-20(11-9-19)30(27,28)26(4)18(2)3/h8-11,18H,6-7,12-17H2,1-5H3,(H2,23,24,25). The molecule has 1 aromatic rings. The van der Waals surface area contributed by atoms with Gasteiger partial charge in [-0.05, 0) is 63.1 Å². The van der Waals surface area contributed by atoms with Gasteiger partial charge in [0.05, 0.1) is 11.4 Å². The van der Waals surface area contributed by atoms with Gasteiger partial charge in [0.2, 0.25) is 10.0 Å².